The number of nitrogens with one attached hydrogen (secondary N) is 2. The van der Waals surface area contributed by atoms with Crippen molar-refractivity contribution in [2.24, 2.45) is 0 Å². The molecule has 2 heterocycles. The first-order valence-corrected chi connectivity index (χ1v) is 5.75. The molecule has 2 rings (SSSR count). The fourth-order valence-corrected chi connectivity index (χ4v) is 1.53. The third-order valence-corrected chi connectivity index (χ3v) is 2.55. The first kappa shape index (κ1) is 14.0. The molecule has 0 aliphatic rings. The number of H-pyrrole nitrogens is 1. The van der Waals surface area contributed by atoms with E-state index in [4.69, 9.17) is 0 Å². The Morgan fingerprint density at radius 1 is 1.30 bits per heavy atom. The number of aromatic amines is 1. The Labute approximate surface area is 112 Å². The normalized spacial score (nSPS) is 11.3. The van der Waals surface area contributed by atoms with Gasteiger partial charge in [0.05, 0.1) is 11.9 Å². The van der Waals surface area contributed by atoms with Gasteiger partial charge in [-0.15, -0.1) is 0 Å². The van der Waals surface area contributed by atoms with Gasteiger partial charge in [-0.2, -0.15) is 13.2 Å². The van der Waals surface area contributed by atoms with Gasteiger partial charge in [0.15, 0.2) is 0 Å². The molecule has 0 saturated heterocycles. The number of carbonyl (C=O) groups excluding carboxylic acids is 1. The lowest BCUT2D eigenvalue weighted by atomic mass is 10.2. The van der Waals surface area contributed by atoms with Gasteiger partial charge in [0.2, 0.25) is 0 Å². The van der Waals surface area contributed by atoms with Crippen molar-refractivity contribution in [1.29, 1.82) is 0 Å². The first-order valence-electron chi connectivity index (χ1n) is 5.75. The molecule has 0 spiro atoms. The van der Waals surface area contributed by atoms with Gasteiger partial charge >= 0.3 is 6.18 Å². The van der Waals surface area contributed by atoms with Gasteiger partial charge in [0.1, 0.15) is 5.69 Å². The smallest absolute Gasteiger partial charge is 0.352 e. The van der Waals surface area contributed by atoms with E-state index in [1.54, 1.807) is 6.20 Å². The van der Waals surface area contributed by atoms with E-state index < -0.39 is 17.8 Å². The molecular weight excluding hydrogens is 273 g/mol. The summed E-state index contributed by atoms with van der Waals surface area (Å²) < 4.78 is 36.9. The van der Waals surface area contributed by atoms with Crippen LogP contribution >= 0.6 is 0 Å². The predicted octanol–water partition coefficient (Wildman–Crippen LogP) is 1.80. The summed E-state index contributed by atoms with van der Waals surface area (Å²) in [7, 11) is 0. The van der Waals surface area contributed by atoms with Gasteiger partial charge in [0, 0.05) is 31.1 Å². The van der Waals surface area contributed by atoms with Gasteiger partial charge in [0.25, 0.3) is 5.91 Å². The Kier molecular flexibility index (Phi) is 4.02. The number of nitrogens with zero attached hydrogens (tertiary/aromatic N) is 2. The first-order chi connectivity index (χ1) is 9.47. The number of imidazole rings is 1. The van der Waals surface area contributed by atoms with Crippen molar-refractivity contribution in [3.63, 3.8) is 0 Å². The van der Waals surface area contributed by atoms with Crippen LogP contribution in [0.15, 0.2) is 30.9 Å². The van der Waals surface area contributed by atoms with Gasteiger partial charge in [-0.3, -0.25) is 9.78 Å². The van der Waals surface area contributed by atoms with E-state index in [9.17, 15) is 18.0 Å². The van der Waals surface area contributed by atoms with Crippen molar-refractivity contribution in [2.75, 3.05) is 6.54 Å². The number of aromatic nitrogens is 3. The molecule has 20 heavy (non-hydrogen) atoms. The number of rotatable bonds is 4. The molecule has 0 atom stereocenters. The van der Waals surface area contributed by atoms with Crippen LogP contribution in [0.1, 0.15) is 21.7 Å². The van der Waals surface area contributed by atoms with Crippen molar-refractivity contribution in [2.45, 2.75) is 12.6 Å². The van der Waals surface area contributed by atoms with Crippen LogP contribution in [0.4, 0.5) is 13.2 Å². The molecule has 0 aliphatic heterocycles. The van der Waals surface area contributed by atoms with Crippen LogP contribution in [0, 0.1) is 0 Å². The third-order valence-electron chi connectivity index (χ3n) is 2.55. The second-order valence-electron chi connectivity index (χ2n) is 4.01. The SMILES string of the molecule is O=C(NCCc1cnc[nH]1)c1ccc(C(F)(F)F)nc1. The van der Waals surface area contributed by atoms with Gasteiger partial charge in [-0.1, -0.05) is 0 Å². The minimum atomic E-state index is -4.50. The highest BCUT2D eigenvalue weighted by atomic mass is 19.4. The second kappa shape index (κ2) is 5.72. The lowest BCUT2D eigenvalue weighted by Gasteiger charge is -2.07. The molecule has 0 saturated carbocycles. The molecule has 2 N–H and O–H groups in total. The highest BCUT2D eigenvalue weighted by molar-refractivity contribution is 5.93. The second-order valence-corrected chi connectivity index (χ2v) is 4.01. The lowest BCUT2D eigenvalue weighted by molar-refractivity contribution is -0.141. The molecule has 1 amide bonds. The Morgan fingerprint density at radius 2 is 2.10 bits per heavy atom. The Hall–Kier alpha value is -2.38. The molecule has 0 fully saturated rings. The van der Waals surface area contributed by atoms with E-state index >= 15 is 0 Å². The molecule has 0 unspecified atom stereocenters. The predicted molar refractivity (Wildman–Crippen MR) is 63.9 cm³/mol. The van der Waals surface area contributed by atoms with Crippen molar-refractivity contribution >= 4 is 5.91 Å². The Balaban J connectivity index is 1.89. The minimum Gasteiger partial charge on any atom is -0.352 e. The highest BCUT2D eigenvalue weighted by Gasteiger charge is 2.32. The summed E-state index contributed by atoms with van der Waals surface area (Å²) in [4.78, 5) is 21.6. The molecule has 0 aliphatic carbocycles. The molecule has 5 nitrogen and oxygen atoms in total. The maximum atomic E-state index is 12.3. The van der Waals surface area contributed by atoms with Crippen molar-refractivity contribution in [1.82, 2.24) is 20.3 Å². The zero-order valence-electron chi connectivity index (χ0n) is 10.2. The number of alkyl halides is 3. The van der Waals surface area contributed by atoms with Crippen LogP contribution in [0.5, 0.6) is 0 Å². The van der Waals surface area contributed by atoms with E-state index in [-0.39, 0.29) is 5.56 Å². The van der Waals surface area contributed by atoms with Crippen molar-refractivity contribution in [3.05, 3.63) is 47.8 Å². The number of hydrogen-bond donors (Lipinski definition) is 2. The van der Waals surface area contributed by atoms with Crippen LogP contribution in [0.2, 0.25) is 0 Å². The molecule has 2 aromatic heterocycles. The summed E-state index contributed by atoms with van der Waals surface area (Å²) in [5, 5.41) is 2.59. The van der Waals surface area contributed by atoms with Crippen molar-refractivity contribution in [3.8, 4) is 0 Å². The number of amides is 1. The average Bonchev–Trinajstić information content (AvgIpc) is 2.91. The summed E-state index contributed by atoms with van der Waals surface area (Å²) in [6.07, 6.45) is 0.118. The van der Waals surface area contributed by atoms with Crippen LogP contribution in [-0.4, -0.2) is 27.4 Å². The highest BCUT2D eigenvalue weighted by Crippen LogP contribution is 2.27. The number of hydrogen-bond acceptors (Lipinski definition) is 3. The van der Waals surface area contributed by atoms with E-state index in [0.29, 0.717) is 13.0 Å². The van der Waals surface area contributed by atoms with E-state index in [1.165, 1.54) is 6.33 Å². The van der Waals surface area contributed by atoms with Crippen LogP contribution in [0.3, 0.4) is 0 Å². The van der Waals surface area contributed by atoms with Gasteiger partial charge in [-0.25, -0.2) is 4.98 Å². The van der Waals surface area contributed by atoms with Crippen molar-refractivity contribution < 1.29 is 18.0 Å². The molecule has 8 heteroatoms. The quantitative estimate of drug-likeness (QED) is 0.899. The molecule has 0 radical (unpaired) electrons. The summed E-state index contributed by atoms with van der Waals surface area (Å²) in [6.45, 7) is 0.349. The van der Waals surface area contributed by atoms with E-state index in [2.05, 4.69) is 20.3 Å². The minimum absolute atomic E-state index is 0.0858. The fraction of sp³-hybridized carbons (Fsp3) is 0.250. The number of halogens is 3. The van der Waals surface area contributed by atoms with Gasteiger partial charge < -0.3 is 10.3 Å². The lowest BCUT2D eigenvalue weighted by Crippen LogP contribution is -2.26. The zero-order valence-corrected chi connectivity index (χ0v) is 10.2. The Bertz CT molecular complexity index is 563. The van der Waals surface area contributed by atoms with Gasteiger partial charge in [-0.05, 0) is 12.1 Å². The van der Waals surface area contributed by atoms with Crippen LogP contribution < -0.4 is 5.32 Å². The standard InChI is InChI=1S/C12H11F3N4O/c13-12(14,15)10-2-1-8(5-18-10)11(20)17-4-3-9-6-16-7-19-9/h1-2,5-7H,3-4H2,(H,16,19)(H,17,20). The maximum absolute atomic E-state index is 12.3. The molecule has 0 bridgehead atoms. The zero-order chi connectivity index (χ0) is 14.6. The number of pyridine rings is 1. The molecule has 2 aromatic rings. The summed E-state index contributed by atoms with van der Waals surface area (Å²) >= 11 is 0. The monoisotopic (exact) mass is 284 g/mol. The molecule has 0 aromatic carbocycles. The number of carbonyl (C=O) groups is 1. The molecular formula is C12H11F3N4O. The average molecular weight is 284 g/mol. The summed E-state index contributed by atoms with van der Waals surface area (Å²) in [6, 6.07) is 1.88. The largest absolute Gasteiger partial charge is 0.433 e. The topological polar surface area (TPSA) is 70.7 Å². The Morgan fingerprint density at radius 3 is 2.65 bits per heavy atom. The summed E-state index contributed by atoms with van der Waals surface area (Å²) in [5.74, 6) is -0.467. The van der Waals surface area contributed by atoms with Crippen LogP contribution in [-0.2, 0) is 12.6 Å². The molecule has 106 valence electrons. The van der Waals surface area contributed by atoms with E-state index in [0.717, 1.165) is 24.0 Å². The summed E-state index contributed by atoms with van der Waals surface area (Å²) in [5.41, 5.74) is -0.0787. The van der Waals surface area contributed by atoms with Crippen LogP contribution in [0.25, 0.3) is 0 Å². The van der Waals surface area contributed by atoms with E-state index in [1.807, 2.05) is 0 Å². The fourth-order valence-electron chi connectivity index (χ4n) is 1.53. The maximum Gasteiger partial charge on any atom is 0.433 e. The third kappa shape index (κ3) is 3.56.